The Balaban J connectivity index is 2.77. The summed E-state index contributed by atoms with van der Waals surface area (Å²) in [5.74, 6) is 0. The van der Waals surface area contributed by atoms with Gasteiger partial charge < -0.3 is 9.52 Å². The van der Waals surface area contributed by atoms with Gasteiger partial charge in [0.25, 0.3) is 0 Å². The zero-order chi connectivity index (χ0) is 7.40. The molecule has 0 unspecified atom stereocenters. The molecule has 0 aromatic carbocycles. The van der Waals surface area contributed by atoms with Gasteiger partial charge in [-0.05, 0) is 18.6 Å². The zero-order valence-corrected chi connectivity index (χ0v) is 5.87. The van der Waals surface area contributed by atoms with Crippen molar-refractivity contribution in [3.63, 3.8) is 0 Å². The van der Waals surface area contributed by atoms with Gasteiger partial charge in [0.1, 0.15) is 0 Å². The van der Waals surface area contributed by atoms with E-state index in [-0.39, 0.29) is 6.61 Å². The van der Waals surface area contributed by atoms with Crippen LogP contribution in [0.2, 0.25) is 0 Å². The van der Waals surface area contributed by atoms with E-state index in [2.05, 4.69) is 0 Å². The van der Waals surface area contributed by atoms with Crippen molar-refractivity contribution in [3.05, 3.63) is 30.2 Å². The predicted molar refractivity (Wildman–Crippen MR) is 39.4 cm³/mol. The summed E-state index contributed by atoms with van der Waals surface area (Å²) in [6, 6.07) is 1.86. The molecule has 0 spiro atoms. The lowest BCUT2D eigenvalue weighted by Gasteiger charge is -1.91. The first-order valence-electron chi connectivity index (χ1n) is 3.15. The molecule has 0 amide bonds. The van der Waals surface area contributed by atoms with Crippen molar-refractivity contribution in [1.82, 2.24) is 0 Å². The summed E-state index contributed by atoms with van der Waals surface area (Å²) in [4.78, 5) is 0. The van der Waals surface area contributed by atoms with E-state index >= 15 is 0 Å². The minimum absolute atomic E-state index is 0.0804. The Labute approximate surface area is 59.8 Å². The smallest absolute Gasteiger partial charge is 0.0977 e. The third kappa shape index (κ3) is 1.48. The Kier molecular flexibility index (Phi) is 2.29. The highest BCUT2D eigenvalue weighted by Gasteiger charge is 1.93. The van der Waals surface area contributed by atoms with Crippen LogP contribution >= 0.6 is 0 Å². The normalized spacial score (nSPS) is 12.0. The topological polar surface area (TPSA) is 33.4 Å². The molecule has 0 saturated heterocycles. The number of furan rings is 1. The lowest BCUT2D eigenvalue weighted by molar-refractivity contribution is 0.343. The number of aliphatic hydroxyl groups excluding tert-OH is 1. The molecule has 10 heavy (non-hydrogen) atoms. The quantitative estimate of drug-likeness (QED) is 0.674. The third-order valence-corrected chi connectivity index (χ3v) is 1.37. The highest BCUT2D eigenvalue weighted by molar-refractivity contribution is 5.62. The second kappa shape index (κ2) is 3.22. The minimum Gasteiger partial charge on any atom is -0.472 e. The Bertz CT molecular complexity index is 209. The molecule has 0 atom stereocenters. The van der Waals surface area contributed by atoms with E-state index in [0.717, 1.165) is 11.1 Å². The van der Waals surface area contributed by atoms with Crippen molar-refractivity contribution in [2.24, 2.45) is 0 Å². The summed E-state index contributed by atoms with van der Waals surface area (Å²) in [6.07, 6.45) is 5.01. The maximum absolute atomic E-state index is 8.53. The number of aliphatic hydroxyl groups is 1. The van der Waals surface area contributed by atoms with E-state index in [9.17, 15) is 0 Å². The average Bonchev–Trinajstić information content (AvgIpc) is 2.38. The molecule has 2 nitrogen and oxygen atoms in total. The summed E-state index contributed by atoms with van der Waals surface area (Å²) >= 11 is 0. The van der Waals surface area contributed by atoms with Crippen LogP contribution in [-0.2, 0) is 0 Å². The predicted octanol–water partition coefficient (Wildman–Crippen LogP) is 1.68. The van der Waals surface area contributed by atoms with E-state index < -0.39 is 0 Å². The van der Waals surface area contributed by atoms with Crippen molar-refractivity contribution in [2.45, 2.75) is 6.92 Å². The van der Waals surface area contributed by atoms with Gasteiger partial charge in [-0.15, -0.1) is 0 Å². The first-order valence-corrected chi connectivity index (χ1v) is 3.15. The maximum Gasteiger partial charge on any atom is 0.0977 e. The van der Waals surface area contributed by atoms with Gasteiger partial charge in [0, 0.05) is 5.56 Å². The largest absolute Gasteiger partial charge is 0.472 e. The van der Waals surface area contributed by atoms with Crippen molar-refractivity contribution in [1.29, 1.82) is 0 Å². The van der Waals surface area contributed by atoms with E-state index in [4.69, 9.17) is 9.52 Å². The molecule has 1 N–H and O–H groups in total. The van der Waals surface area contributed by atoms with Gasteiger partial charge in [0.15, 0.2) is 0 Å². The van der Waals surface area contributed by atoms with Crippen LogP contribution in [0.5, 0.6) is 0 Å². The van der Waals surface area contributed by atoms with Gasteiger partial charge in [0.05, 0.1) is 19.1 Å². The van der Waals surface area contributed by atoms with Crippen molar-refractivity contribution in [2.75, 3.05) is 6.61 Å². The van der Waals surface area contributed by atoms with Gasteiger partial charge >= 0.3 is 0 Å². The lowest BCUT2D eigenvalue weighted by Crippen LogP contribution is -1.77. The minimum atomic E-state index is 0.0804. The SMILES string of the molecule is C/C(=C/CO)c1ccoc1. The van der Waals surface area contributed by atoms with Gasteiger partial charge in [-0.3, -0.25) is 0 Å². The summed E-state index contributed by atoms with van der Waals surface area (Å²) in [7, 11) is 0. The Hall–Kier alpha value is -1.02. The molecule has 1 rings (SSSR count). The lowest BCUT2D eigenvalue weighted by atomic mass is 10.1. The second-order valence-electron chi connectivity index (χ2n) is 2.08. The van der Waals surface area contributed by atoms with Crippen LogP contribution < -0.4 is 0 Å². The van der Waals surface area contributed by atoms with Gasteiger partial charge in [-0.2, -0.15) is 0 Å². The first-order chi connectivity index (χ1) is 4.84. The van der Waals surface area contributed by atoms with Crippen LogP contribution in [0.15, 0.2) is 29.1 Å². The monoisotopic (exact) mass is 138 g/mol. The molecule has 0 aliphatic heterocycles. The molecule has 0 aliphatic rings. The zero-order valence-electron chi connectivity index (χ0n) is 5.87. The Morgan fingerprint density at radius 2 is 2.60 bits per heavy atom. The highest BCUT2D eigenvalue weighted by atomic mass is 16.3. The number of rotatable bonds is 2. The van der Waals surface area contributed by atoms with E-state index in [1.165, 1.54) is 0 Å². The van der Waals surface area contributed by atoms with Crippen LogP contribution in [0.25, 0.3) is 5.57 Å². The standard InChI is InChI=1S/C8H10O2/c1-7(2-4-9)8-3-5-10-6-8/h2-3,5-6,9H,4H2,1H3/b7-2-. The Morgan fingerprint density at radius 3 is 3.10 bits per heavy atom. The molecule has 0 aliphatic carbocycles. The van der Waals surface area contributed by atoms with Gasteiger partial charge in [-0.25, -0.2) is 0 Å². The molecule has 54 valence electrons. The molecule has 1 heterocycles. The van der Waals surface area contributed by atoms with Crippen molar-refractivity contribution >= 4 is 5.57 Å². The summed E-state index contributed by atoms with van der Waals surface area (Å²) in [5.41, 5.74) is 2.06. The second-order valence-corrected chi connectivity index (χ2v) is 2.08. The molecule has 1 aromatic rings. The molecule has 0 bridgehead atoms. The molecular weight excluding hydrogens is 128 g/mol. The molecule has 2 heteroatoms. The van der Waals surface area contributed by atoms with Crippen molar-refractivity contribution < 1.29 is 9.52 Å². The highest BCUT2D eigenvalue weighted by Crippen LogP contribution is 2.12. The van der Waals surface area contributed by atoms with Crippen LogP contribution in [0.1, 0.15) is 12.5 Å². The maximum atomic E-state index is 8.53. The number of hydrogen-bond acceptors (Lipinski definition) is 2. The Morgan fingerprint density at radius 1 is 1.80 bits per heavy atom. The van der Waals surface area contributed by atoms with Crippen LogP contribution in [-0.4, -0.2) is 11.7 Å². The summed E-state index contributed by atoms with van der Waals surface area (Å²) < 4.78 is 4.86. The fraction of sp³-hybridized carbons (Fsp3) is 0.250. The fourth-order valence-corrected chi connectivity index (χ4v) is 0.744. The number of hydrogen-bond donors (Lipinski definition) is 1. The fourth-order valence-electron chi connectivity index (χ4n) is 0.744. The van der Waals surface area contributed by atoms with Gasteiger partial charge in [-0.1, -0.05) is 6.08 Å². The first kappa shape index (κ1) is 7.09. The van der Waals surface area contributed by atoms with E-state index in [1.807, 2.05) is 13.0 Å². The third-order valence-electron chi connectivity index (χ3n) is 1.37. The molecule has 1 aromatic heterocycles. The van der Waals surface area contributed by atoms with Crippen molar-refractivity contribution in [3.8, 4) is 0 Å². The molecule has 0 fully saturated rings. The van der Waals surface area contributed by atoms with E-state index in [1.54, 1.807) is 18.6 Å². The summed E-state index contributed by atoms with van der Waals surface area (Å²) in [6.45, 7) is 2.01. The molecular formula is C8H10O2. The van der Waals surface area contributed by atoms with Crippen LogP contribution in [0.4, 0.5) is 0 Å². The molecule has 0 saturated carbocycles. The summed E-state index contributed by atoms with van der Waals surface area (Å²) in [5, 5.41) is 8.53. The average molecular weight is 138 g/mol. The van der Waals surface area contributed by atoms with Crippen LogP contribution in [0.3, 0.4) is 0 Å². The van der Waals surface area contributed by atoms with E-state index in [0.29, 0.717) is 0 Å². The number of allylic oxidation sites excluding steroid dienone is 1. The van der Waals surface area contributed by atoms with Gasteiger partial charge in [0.2, 0.25) is 0 Å². The van der Waals surface area contributed by atoms with Crippen LogP contribution in [0, 0.1) is 0 Å². The molecule has 0 radical (unpaired) electrons.